The van der Waals surface area contributed by atoms with E-state index in [4.69, 9.17) is 4.74 Å². The molecule has 0 fully saturated rings. The molecule has 0 aromatic heterocycles. The van der Waals surface area contributed by atoms with E-state index in [-0.39, 0.29) is 18.4 Å². The van der Waals surface area contributed by atoms with Gasteiger partial charge in [-0.15, -0.1) is 11.8 Å². The van der Waals surface area contributed by atoms with Gasteiger partial charge in [0.15, 0.2) is 6.61 Å². The Kier molecular flexibility index (Phi) is 8.02. The first kappa shape index (κ1) is 19.8. The number of carbonyl (C=O) groups excluding carboxylic acids is 2. The predicted molar refractivity (Wildman–Crippen MR) is 107 cm³/mol. The molecule has 0 aliphatic carbocycles. The summed E-state index contributed by atoms with van der Waals surface area (Å²) in [5, 5.41) is 5.52. The number of likely N-dealkylation sites (N-methyl/N-ethyl adjacent to an activating group) is 1. The van der Waals surface area contributed by atoms with E-state index in [9.17, 15) is 9.59 Å². The van der Waals surface area contributed by atoms with Gasteiger partial charge in [-0.05, 0) is 43.7 Å². The number of carbonyl (C=O) groups is 2. The van der Waals surface area contributed by atoms with E-state index >= 15 is 0 Å². The van der Waals surface area contributed by atoms with Gasteiger partial charge in [0.05, 0.1) is 5.75 Å². The number of ether oxygens (including phenoxy) is 1. The standard InChI is InChI=1S/C20H24N2O3S/c1-3-21-19(23)12-25-18-9-7-17(8-10-18)22-20(24)14-26-13-16-6-4-5-15(2)11-16/h4-11H,3,12-14H2,1-2H3,(H,21,23)(H,22,24). The van der Waals surface area contributed by atoms with E-state index in [1.165, 1.54) is 11.1 Å². The minimum absolute atomic E-state index is 0.0187. The highest BCUT2D eigenvalue weighted by Gasteiger charge is 2.05. The van der Waals surface area contributed by atoms with Crippen LogP contribution in [-0.2, 0) is 15.3 Å². The van der Waals surface area contributed by atoms with Gasteiger partial charge in [0.2, 0.25) is 5.91 Å². The summed E-state index contributed by atoms with van der Waals surface area (Å²) >= 11 is 1.58. The average Bonchev–Trinajstić information content (AvgIpc) is 2.61. The van der Waals surface area contributed by atoms with Crippen LogP contribution in [0.1, 0.15) is 18.1 Å². The van der Waals surface area contributed by atoms with Gasteiger partial charge in [0.1, 0.15) is 5.75 Å². The van der Waals surface area contributed by atoms with Crippen LogP contribution in [0, 0.1) is 6.92 Å². The Bertz CT molecular complexity index is 732. The number of amides is 2. The van der Waals surface area contributed by atoms with Crippen LogP contribution in [-0.4, -0.2) is 30.7 Å². The van der Waals surface area contributed by atoms with Crippen molar-refractivity contribution in [3.05, 3.63) is 59.7 Å². The molecule has 2 aromatic carbocycles. The Hall–Kier alpha value is -2.47. The zero-order valence-electron chi connectivity index (χ0n) is 15.1. The van der Waals surface area contributed by atoms with Crippen molar-refractivity contribution < 1.29 is 14.3 Å². The second-order valence-electron chi connectivity index (χ2n) is 5.80. The molecular formula is C20H24N2O3S. The minimum atomic E-state index is -0.157. The van der Waals surface area contributed by atoms with Gasteiger partial charge in [-0.25, -0.2) is 0 Å². The lowest BCUT2D eigenvalue weighted by Crippen LogP contribution is -2.28. The van der Waals surface area contributed by atoms with Crippen LogP contribution < -0.4 is 15.4 Å². The third kappa shape index (κ3) is 7.19. The Labute approximate surface area is 158 Å². The summed E-state index contributed by atoms with van der Waals surface area (Å²) < 4.78 is 5.37. The maximum Gasteiger partial charge on any atom is 0.257 e. The van der Waals surface area contributed by atoms with Gasteiger partial charge in [-0.1, -0.05) is 29.8 Å². The van der Waals surface area contributed by atoms with Crippen molar-refractivity contribution in [2.75, 3.05) is 24.2 Å². The average molecular weight is 372 g/mol. The van der Waals surface area contributed by atoms with Crippen molar-refractivity contribution in [3.63, 3.8) is 0 Å². The molecule has 5 nitrogen and oxygen atoms in total. The van der Waals surface area contributed by atoms with Crippen LogP contribution >= 0.6 is 11.8 Å². The second kappa shape index (κ2) is 10.5. The number of hydrogen-bond acceptors (Lipinski definition) is 4. The number of thioether (sulfide) groups is 1. The van der Waals surface area contributed by atoms with Crippen LogP contribution in [0.3, 0.4) is 0 Å². The van der Waals surface area contributed by atoms with E-state index in [2.05, 4.69) is 35.8 Å². The minimum Gasteiger partial charge on any atom is -0.484 e. The third-order valence-corrected chi connectivity index (χ3v) is 4.47. The Balaban J connectivity index is 1.72. The van der Waals surface area contributed by atoms with Crippen molar-refractivity contribution in [2.24, 2.45) is 0 Å². The fourth-order valence-electron chi connectivity index (χ4n) is 2.29. The Morgan fingerprint density at radius 2 is 1.85 bits per heavy atom. The molecule has 0 saturated heterocycles. The Morgan fingerprint density at radius 1 is 1.08 bits per heavy atom. The molecule has 0 aliphatic rings. The number of rotatable bonds is 9. The highest BCUT2D eigenvalue weighted by molar-refractivity contribution is 7.99. The molecule has 2 rings (SSSR count). The first-order valence-electron chi connectivity index (χ1n) is 8.49. The van der Waals surface area contributed by atoms with Crippen LogP contribution in [0.5, 0.6) is 5.75 Å². The number of anilines is 1. The molecule has 2 aromatic rings. The Morgan fingerprint density at radius 3 is 2.54 bits per heavy atom. The van der Waals surface area contributed by atoms with Gasteiger partial charge in [-0.2, -0.15) is 0 Å². The monoisotopic (exact) mass is 372 g/mol. The molecule has 0 unspecified atom stereocenters. The SMILES string of the molecule is CCNC(=O)COc1ccc(NC(=O)CSCc2cccc(C)c2)cc1. The highest BCUT2D eigenvalue weighted by atomic mass is 32.2. The van der Waals surface area contributed by atoms with Gasteiger partial charge in [-0.3, -0.25) is 9.59 Å². The molecule has 0 spiro atoms. The molecular weight excluding hydrogens is 348 g/mol. The maximum atomic E-state index is 12.0. The predicted octanol–water partition coefficient (Wildman–Crippen LogP) is 3.38. The normalized spacial score (nSPS) is 10.2. The van der Waals surface area contributed by atoms with Gasteiger partial charge in [0, 0.05) is 18.0 Å². The molecule has 6 heteroatoms. The largest absolute Gasteiger partial charge is 0.484 e. The van der Waals surface area contributed by atoms with Crippen LogP contribution in [0.25, 0.3) is 0 Å². The molecule has 26 heavy (non-hydrogen) atoms. The van der Waals surface area contributed by atoms with Crippen molar-refractivity contribution in [2.45, 2.75) is 19.6 Å². The molecule has 2 amide bonds. The summed E-state index contributed by atoms with van der Waals surface area (Å²) in [7, 11) is 0. The van der Waals surface area contributed by atoms with E-state index < -0.39 is 0 Å². The molecule has 0 saturated carbocycles. The summed E-state index contributed by atoms with van der Waals surface area (Å²) in [6.45, 7) is 4.48. The molecule has 0 radical (unpaired) electrons. The third-order valence-electron chi connectivity index (χ3n) is 3.47. The zero-order chi connectivity index (χ0) is 18.8. The summed E-state index contributed by atoms with van der Waals surface area (Å²) in [6, 6.07) is 15.3. The van der Waals surface area contributed by atoms with Crippen molar-refractivity contribution >= 4 is 29.3 Å². The van der Waals surface area contributed by atoms with Crippen molar-refractivity contribution in [3.8, 4) is 5.75 Å². The topological polar surface area (TPSA) is 67.4 Å². The molecule has 0 atom stereocenters. The van der Waals surface area contributed by atoms with Gasteiger partial charge < -0.3 is 15.4 Å². The summed E-state index contributed by atoms with van der Waals surface area (Å²) in [5.74, 6) is 1.59. The van der Waals surface area contributed by atoms with E-state index in [1.807, 2.05) is 13.0 Å². The van der Waals surface area contributed by atoms with E-state index in [0.717, 1.165) is 5.75 Å². The molecule has 138 valence electrons. The first-order valence-corrected chi connectivity index (χ1v) is 9.65. The van der Waals surface area contributed by atoms with Crippen molar-refractivity contribution in [1.82, 2.24) is 5.32 Å². The first-order chi connectivity index (χ1) is 12.6. The lowest BCUT2D eigenvalue weighted by Gasteiger charge is -2.08. The second-order valence-corrected chi connectivity index (χ2v) is 6.78. The van der Waals surface area contributed by atoms with Gasteiger partial charge >= 0.3 is 0 Å². The molecule has 0 heterocycles. The van der Waals surface area contributed by atoms with E-state index in [0.29, 0.717) is 23.7 Å². The van der Waals surface area contributed by atoms with Crippen LogP contribution in [0.15, 0.2) is 48.5 Å². The quantitative estimate of drug-likeness (QED) is 0.708. The molecule has 2 N–H and O–H groups in total. The smallest absolute Gasteiger partial charge is 0.257 e. The fraction of sp³-hybridized carbons (Fsp3) is 0.300. The number of aryl methyl sites for hydroxylation is 1. The summed E-state index contributed by atoms with van der Waals surface area (Å²) in [6.07, 6.45) is 0. The van der Waals surface area contributed by atoms with Crippen LogP contribution in [0.2, 0.25) is 0 Å². The maximum absolute atomic E-state index is 12.0. The lowest BCUT2D eigenvalue weighted by atomic mass is 10.2. The zero-order valence-corrected chi connectivity index (χ0v) is 15.9. The number of nitrogens with one attached hydrogen (secondary N) is 2. The van der Waals surface area contributed by atoms with Crippen molar-refractivity contribution in [1.29, 1.82) is 0 Å². The number of benzene rings is 2. The fourth-order valence-corrected chi connectivity index (χ4v) is 3.07. The van der Waals surface area contributed by atoms with E-state index in [1.54, 1.807) is 36.0 Å². The summed E-state index contributed by atoms with van der Waals surface area (Å²) in [4.78, 5) is 23.4. The number of hydrogen-bond donors (Lipinski definition) is 2. The molecule has 0 bridgehead atoms. The highest BCUT2D eigenvalue weighted by Crippen LogP contribution is 2.17. The van der Waals surface area contributed by atoms with Gasteiger partial charge in [0.25, 0.3) is 5.91 Å². The molecule has 0 aliphatic heterocycles. The lowest BCUT2D eigenvalue weighted by molar-refractivity contribution is -0.123. The van der Waals surface area contributed by atoms with Crippen LogP contribution in [0.4, 0.5) is 5.69 Å². The summed E-state index contributed by atoms with van der Waals surface area (Å²) in [5.41, 5.74) is 3.15.